The molecule has 0 atom stereocenters. The highest BCUT2D eigenvalue weighted by Crippen LogP contribution is 2.26. The molecular formula is C14H13FO3. The number of aliphatic hydroxyl groups is 2. The highest BCUT2D eigenvalue weighted by Gasteiger charge is 2.05. The van der Waals surface area contributed by atoms with E-state index in [0.29, 0.717) is 17.1 Å². The minimum absolute atomic E-state index is 0.0290. The van der Waals surface area contributed by atoms with Crippen LogP contribution in [0.15, 0.2) is 42.5 Å². The van der Waals surface area contributed by atoms with Gasteiger partial charge in [-0.3, -0.25) is 0 Å². The Morgan fingerprint density at radius 1 is 0.944 bits per heavy atom. The number of halogens is 1. The summed E-state index contributed by atoms with van der Waals surface area (Å²) in [7, 11) is 0. The molecule has 2 N–H and O–H groups in total. The standard InChI is InChI=1S/C14H13FO3/c15-12-3-6-14(11(7-12)9-17)18-13-4-1-10(8-16)2-5-13/h1-7,16-17H,8-9H2. The second-order valence-electron chi connectivity index (χ2n) is 3.81. The van der Waals surface area contributed by atoms with Gasteiger partial charge in [0.15, 0.2) is 0 Å². The van der Waals surface area contributed by atoms with Crippen LogP contribution in [0, 0.1) is 5.82 Å². The largest absolute Gasteiger partial charge is 0.457 e. The van der Waals surface area contributed by atoms with Crippen LogP contribution in [0.25, 0.3) is 0 Å². The molecular weight excluding hydrogens is 235 g/mol. The van der Waals surface area contributed by atoms with Gasteiger partial charge in [-0.25, -0.2) is 4.39 Å². The van der Waals surface area contributed by atoms with Crippen molar-refractivity contribution in [1.29, 1.82) is 0 Å². The van der Waals surface area contributed by atoms with Crippen molar-refractivity contribution in [1.82, 2.24) is 0 Å². The van der Waals surface area contributed by atoms with E-state index in [1.54, 1.807) is 24.3 Å². The zero-order valence-corrected chi connectivity index (χ0v) is 9.64. The Morgan fingerprint density at radius 3 is 2.28 bits per heavy atom. The lowest BCUT2D eigenvalue weighted by Crippen LogP contribution is -1.93. The molecule has 0 unspecified atom stereocenters. The fourth-order valence-corrected chi connectivity index (χ4v) is 1.56. The van der Waals surface area contributed by atoms with Crippen molar-refractivity contribution < 1.29 is 19.3 Å². The average Bonchev–Trinajstić information content (AvgIpc) is 2.41. The van der Waals surface area contributed by atoms with Gasteiger partial charge in [0.2, 0.25) is 0 Å². The van der Waals surface area contributed by atoms with E-state index in [1.165, 1.54) is 18.2 Å². The number of hydrogen-bond donors (Lipinski definition) is 2. The Balaban J connectivity index is 2.22. The maximum Gasteiger partial charge on any atom is 0.133 e. The van der Waals surface area contributed by atoms with Crippen LogP contribution < -0.4 is 4.74 Å². The molecule has 4 heteroatoms. The molecule has 0 fully saturated rings. The highest BCUT2D eigenvalue weighted by molar-refractivity contribution is 5.38. The van der Waals surface area contributed by atoms with E-state index in [2.05, 4.69) is 0 Å². The fourth-order valence-electron chi connectivity index (χ4n) is 1.56. The number of aliphatic hydroxyl groups excluding tert-OH is 2. The molecule has 2 rings (SSSR count). The van der Waals surface area contributed by atoms with Crippen LogP contribution >= 0.6 is 0 Å². The third-order valence-electron chi connectivity index (χ3n) is 2.53. The van der Waals surface area contributed by atoms with E-state index in [0.717, 1.165) is 5.56 Å². The molecule has 2 aromatic carbocycles. The van der Waals surface area contributed by atoms with Gasteiger partial charge in [0.1, 0.15) is 17.3 Å². The maximum absolute atomic E-state index is 13.0. The van der Waals surface area contributed by atoms with Crippen molar-refractivity contribution in [2.75, 3.05) is 0 Å². The third kappa shape index (κ3) is 2.85. The maximum atomic E-state index is 13.0. The molecule has 0 aliphatic rings. The Labute approximate surface area is 104 Å². The predicted molar refractivity (Wildman–Crippen MR) is 64.8 cm³/mol. The topological polar surface area (TPSA) is 49.7 Å². The molecule has 0 bridgehead atoms. The Morgan fingerprint density at radius 2 is 1.67 bits per heavy atom. The molecule has 18 heavy (non-hydrogen) atoms. The number of benzene rings is 2. The van der Waals surface area contributed by atoms with Gasteiger partial charge in [-0.05, 0) is 35.9 Å². The summed E-state index contributed by atoms with van der Waals surface area (Å²) in [6.07, 6.45) is 0. The molecule has 0 saturated carbocycles. The first-order chi connectivity index (χ1) is 8.72. The molecule has 0 aromatic heterocycles. The predicted octanol–water partition coefficient (Wildman–Crippen LogP) is 2.60. The van der Waals surface area contributed by atoms with Crippen LogP contribution in [0.1, 0.15) is 11.1 Å². The monoisotopic (exact) mass is 248 g/mol. The van der Waals surface area contributed by atoms with E-state index >= 15 is 0 Å². The molecule has 94 valence electrons. The van der Waals surface area contributed by atoms with Crippen LogP contribution in [-0.2, 0) is 13.2 Å². The van der Waals surface area contributed by atoms with Gasteiger partial charge >= 0.3 is 0 Å². The fraction of sp³-hybridized carbons (Fsp3) is 0.143. The SMILES string of the molecule is OCc1ccc(Oc2ccc(F)cc2CO)cc1. The number of rotatable bonds is 4. The van der Waals surface area contributed by atoms with Crippen LogP contribution in [0.2, 0.25) is 0 Å². The first-order valence-corrected chi connectivity index (χ1v) is 5.50. The van der Waals surface area contributed by atoms with Gasteiger partial charge in [0.05, 0.1) is 13.2 Å². The third-order valence-corrected chi connectivity index (χ3v) is 2.53. The van der Waals surface area contributed by atoms with Crippen molar-refractivity contribution in [3.05, 3.63) is 59.4 Å². The summed E-state index contributed by atoms with van der Waals surface area (Å²) in [6.45, 7) is -0.319. The Kier molecular flexibility index (Phi) is 3.92. The quantitative estimate of drug-likeness (QED) is 0.874. The summed E-state index contributed by atoms with van der Waals surface area (Å²) in [6, 6.07) is 10.9. The minimum Gasteiger partial charge on any atom is -0.457 e. The Hall–Kier alpha value is -1.91. The number of ether oxygens (including phenoxy) is 1. The molecule has 0 radical (unpaired) electrons. The van der Waals surface area contributed by atoms with Crippen molar-refractivity contribution in [3.8, 4) is 11.5 Å². The van der Waals surface area contributed by atoms with Gasteiger partial charge in [0, 0.05) is 5.56 Å². The van der Waals surface area contributed by atoms with E-state index in [1.807, 2.05) is 0 Å². The van der Waals surface area contributed by atoms with Gasteiger partial charge in [-0.15, -0.1) is 0 Å². The zero-order valence-electron chi connectivity index (χ0n) is 9.64. The summed E-state index contributed by atoms with van der Waals surface area (Å²) in [4.78, 5) is 0. The van der Waals surface area contributed by atoms with E-state index in [-0.39, 0.29) is 13.2 Å². The van der Waals surface area contributed by atoms with Gasteiger partial charge < -0.3 is 14.9 Å². The summed E-state index contributed by atoms with van der Waals surface area (Å²) in [5.74, 6) is 0.561. The van der Waals surface area contributed by atoms with Gasteiger partial charge in [-0.1, -0.05) is 12.1 Å². The van der Waals surface area contributed by atoms with Crippen molar-refractivity contribution >= 4 is 0 Å². The molecule has 0 amide bonds. The van der Waals surface area contributed by atoms with Crippen molar-refractivity contribution in [2.45, 2.75) is 13.2 Å². The van der Waals surface area contributed by atoms with E-state index in [4.69, 9.17) is 14.9 Å². The van der Waals surface area contributed by atoms with Crippen LogP contribution in [0.5, 0.6) is 11.5 Å². The van der Waals surface area contributed by atoms with E-state index in [9.17, 15) is 4.39 Å². The second-order valence-corrected chi connectivity index (χ2v) is 3.81. The summed E-state index contributed by atoms with van der Waals surface area (Å²) in [5, 5.41) is 18.0. The lowest BCUT2D eigenvalue weighted by atomic mass is 10.2. The molecule has 2 aromatic rings. The zero-order chi connectivity index (χ0) is 13.0. The van der Waals surface area contributed by atoms with E-state index < -0.39 is 5.82 Å². The smallest absolute Gasteiger partial charge is 0.133 e. The molecule has 0 aliphatic heterocycles. The second kappa shape index (κ2) is 5.62. The number of hydrogen-bond acceptors (Lipinski definition) is 3. The molecule has 0 heterocycles. The summed E-state index contributed by atoms with van der Waals surface area (Å²) in [5.41, 5.74) is 1.17. The average molecular weight is 248 g/mol. The molecule has 0 aliphatic carbocycles. The normalized spacial score (nSPS) is 10.4. The Bertz CT molecular complexity index is 523. The lowest BCUT2D eigenvalue weighted by molar-refractivity contribution is 0.275. The summed E-state index contributed by atoms with van der Waals surface area (Å²) < 4.78 is 18.5. The molecule has 0 saturated heterocycles. The van der Waals surface area contributed by atoms with Crippen LogP contribution in [0.4, 0.5) is 4.39 Å². The first kappa shape index (κ1) is 12.5. The highest BCUT2D eigenvalue weighted by atomic mass is 19.1. The van der Waals surface area contributed by atoms with Crippen molar-refractivity contribution in [3.63, 3.8) is 0 Å². The first-order valence-electron chi connectivity index (χ1n) is 5.50. The van der Waals surface area contributed by atoms with Crippen LogP contribution in [-0.4, -0.2) is 10.2 Å². The van der Waals surface area contributed by atoms with Gasteiger partial charge in [0.25, 0.3) is 0 Å². The molecule has 0 spiro atoms. The van der Waals surface area contributed by atoms with Crippen molar-refractivity contribution in [2.24, 2.45) is 0 Å². The minimum atomic E-state index is -0.415. The lowest BCUT2D eigenvalue weighted by Gasteiger charge is -2.10. The summed E-state index contributed by atoms with van der Waals surface area (Å²) >= 11 is 0. The van der Waals surface area contributed by atoms with Crippen LogP contribution in [0.3, 0.4) is 0 Å². The molecule has 3 nitrogen and oxygen atoms in total. The van der Waals surface area contributed by atoms with Gasteiger partial charge in [-0.2, -0.15) is 0 Å².